The first-order valence-electron chi connectivity index (χ1n) is 6.71. The Labute approximate surface area is 122 Å². The monoisotopic (exact) mass is 281 g/mol. The highest BCUT2D eigenvalue weighted by Crippen LogP contribution is 1.99. The van der Waals surface area contributed by atoms with Gasteiger partial charge in [-0.1, -0.05) is 51.2 Å². The van der Waals surface area contributed by atoms with Gasteiger partial charge in [0.1, 0.15) is 0 Å². The van der Waals surface area contributed by atoms with Gasteiger partial charge in [-0.2, -0.15) is 0 Å². The van der Waals surface area contributed by atoms with Crippen LogP contribution >= 0.6 is 0 Å². The minimum Gasteiger partial charge on any atom is -0.469 e. The van der Waals surface area contributed by atoms with E-state index < -0.39 is 0 Å². The van der Waals surface area contributed by atoms with Crippen LogP contribution in [0.5, 0.6) is 0 Å². The maximum atomic E-state index is 10.5. The molecule has 2 N–H and O–H groups in total. The van der Waals surface area contributed by atoms with Gasteiger partial charge in [0.05, 0.1) is 7.11 Å². The molecule has 0 aliphatic carbocycles. The van der Waals surface area contributed by atoms with Crippen LogP contribution in [0.3, 0.4) is 0 Å². The summed E-state index contributed by atoms with van der Waals surface area (Å²) in [6.07, 6.45) is 10.9. The van der Waals surface area contributed by atoms with Crippen molar-refractivity contribution in [1.82, 2.24) is 0 Å². The molecule has 0 aliphatic rings. The molecule has 4 nitrogen and oxygen atoms in total. The summed E-state index contributed by atoms with van der Waals surface area (Å²) in [4.78, 5) is 20.9. The molecule has 4 heteroatoms. The normalized spacial score (nSPS) is 11.6. The minimum absolute atomic E-state index is 0.125. The summed E-state index contributed by atoms with van der Waals surface area (Å²) in [7, 11) is 1.41. The Morgan fingerprint density at radius 2 is 1.80 bits per heavy atom. The van der Waals surface area contributed by atoms with Crippen LogP contribution in [0, 0.1) is 5.92 Å². The standard InChI is InChI=1S/C10H15NO.C6H12O2/c1-3-4-5-6-7-8-9(2)10(11)12;1-5(2)4-6(7)8-3/h4-8H,3H2,1-2H3,(H2,11,12);5H,4H2,1-3H3/b5-4+,7-6-,9-8+;. The van der Waals surface area contributed by atoms with Crippen molar-refractivity contribution in [1.29, 1.82) is 0 Å². The van der Waals surface area contributed by atoms with Gasteiger partial charge in [0, 0.05) is 12.0 Å². The molecule has 0 aromatic rings. The van der Waals surface area contributed by atoms with E-state index in [-0.39, 0.29) is 11.9 Å². The molecule has 0 bridgehead atoms. The van der Waals surface area contributed by atoms with E-state index in [4.69, 9.17) is 5.73 Å². The molecule has 0 fully saturated rings. The number of ether oxygens (including phenoxy) is 1. The number of methoxy groups -OCH3 is 1. The quantitative estimate of drug-likeness (QED) is 0.462. The molecule has 114 valence electrons. The van der Waals surface area contributed by atoms with E-state index in [0.717, 1.165) is 6.42 Å². The van der Waals surface area contributed by atoms with E-state index in [0.29, 0.717) is 17.9 Å². The SMILES string of the molecule is CC/C=C/C=C\C=C(/C)C(N)=O.COC(=O)CC(C)C. The van der Waals surface area contributed by atoms with E-state index >= 15 is 0 Å². The Balaban J connectivity index is 0. The lowest BCUT2D eigenvalue weighted by molar-refractivity contribution is -0.141. The van der Waals surface area contributed by atoms with Crippen LogP contribution in [0.25, 0.3) is 0 Å². The number of allylic oxidation sites excluding steroid dienone is 5. The zero-order valence-electron chi connectivity index (χ0n) is 13.2. The van der Waals surface area contributed by atoms with Gasteiger partial charge in [-0.3, -0.25) is 9.59 Å². The molecule has 20 heavy (non-hydrogen) atoms. The number of primary amides is 1. The summed E-state index contributed by atoms with van der Waals surface area (Å²) in [5.74, 6) is -0.0958. The number of amides is 1. The van der Waals surface area contributed by atoms with E-state index in [9.17, 15) is 9.59 Å². The first kappa shape index (κ1) is 20.5. The molecule has 0 saturated heterocycles. The average molecular weight is 281 g/mol. The van der Waals surface area contributed by atoms with Gasteiger partial charge in [-0.05, 0) is 19.3 Å². The van der Waals surface area contributed by atoms with Gasteiger partial charge in [0.25, 0.3) is 0 Å². The zero-order chi connectivity index (χ0) is 16.0. The van der Waals surface area contributed by atoms with Crippen LogP contribution in [0.15, 0.2) is 36.0 Å². The molecule has 0 radical (unpaired) electrons. The third kappa shape index (κ3) is 16.2. The lowest BCUT2D eigenvalue weighted by Gasteiger charge is -1.99. The highest BCUT2D eigenvalue weighted by Gasteiger charge is 2.01. The molecule has 0 heterocycles. The molecule has 0 rings (SSSR count). The lowest BCUT2D eigenvalue weighted by atomic mass is 10.1. The minimum atomic E-state index is -0.376. The second kappa shape index (κ2) is 13.6. The van der Waals surface area contributed by atoms with Gasteiger partial charge in [0.2, 0.25) is 5.91 Å². The third-order valence-electron chi connectivity index (χ3n) is 2.13. The first-order chi connectivity index (χ1) is 9.34. The van der Waals surface area contributed by atoms with E-state index in [1.54, 1.807) is 19.1 Å². The van der Waals surface area contributed by atoms with Crippen molar-refractivity contribution in [3.05, 3.63) is 36.0 Å². The van der Waals surface area contributed by atoms with Crippen molar-refractivity contribution in [2.75, 3.05) is 7.11 Å². The number of carbonyl (C=O) groups excluding carboxylic acids is 2. The topological polar surface area (TPSA) is 69.4 Å². The predicted octanol–water partition coefficient (Wildman–Crippen LogP) is 3.15. The van der Waals surface area contributed by atoms with Gasteiger partial charge in [0.15, 0.2) is 0 Å². The average Bonchev–Trinajstić information content (AvgIpc) is 2.38. The summed E-state index contributed by atoms with van der Waals surface area (Å²) >= 11 is 0. The fourth-order valence-corrected chi connectivity index (χ4v) is 0.977. The van der Waals surface area contributed by atoms with Gasteiger partial charge in [-0.25, -0.2) is 0 Å². The van der Waals surface area contributed by atoms with E-state index in [1.807, 2.05) is 32.1 Å². The molecule has 0 aromatic heterocycles. The molecular weight excluding hydrogens is 254 g/mol. The van der Waals surface area contributed by atoms with Crippen LogP contribution in [-0.2, 0) is 14.3 Å². The fraction of sp³-hybridized carbons (Fsp3) is 0.500. The van der Waals surface area contributed by atoms with Crippen LogP contribution in [-0.4, -0.2) is 19.0 Å². The van der Waals surface area contributed by atoms with Crippen LogP contribution in [0.4, 0.5) is 0 Å². The highest BCUT2D eigenvalue weighted by atomic mass is 16.5. The molecule has 0 spiro atoms. The zero-order valence-corrected chi connectivity index (χ0v) is 13.2. The second-order valence-corrected chi connectivity index (χ2v) is 4.61. The summed E-state index contributed by atoms with van der Waals surface area (Å²) in [5.41, 5.74) is 5.58. The molecule has 0 atom stereocenters. The smallest absolute Gasteiger partial charge is 0.305 e. The summed E-state index contributed by atoms with van der Waals surface area (Å²) in [6, 6.07) is 0. The number of rotatable bonds is 6. The van der Waals surface area contributed by atoms with E-state index in [2.05, 4.69) is 11.7 Å². The fourth-order valence-electron chi connectivity index (χ4n) is 0.977. The largest absolute Gasteiger partial charge is 0.469 e. The van der Waals surface area contributed by atoms with Crippen molar-refractivity contribution in [2.45, 2.75) is 40.5 Å². The number of esters is 1. The van der Waals surface area contributed by atoms with Gasteiger partial charge < -0.3 is 10.5 Å². The van der Waals surface area contributed by atoms with Crippen molar-refractivity contribution in [2.24, 2.45) is 11.7 Å². The molecule has 0 unspecified atom stereocenters. The molecule has 0 aromatic carbocycles. The lowest BCUT2D eigenvalue weighted by Crippen LogP contribution is -2.11. The summed E-state index contributed by atoms with van der Waals surface area (Å²) in [6.45, 7) is 7.72. The Morgan fingerprint density at radius 1 is 1.20 bits per heavy atom. The predicted molar refractivity (Wildman–Crippen MR) is 83.0 cm³/mol. The van der Waals surface area contributed by atoms with Crippen LogP contribution in [0.2, 0.25) is 0 Å². The van der Waals surface area contributed by atoms with E-state index in [1.165, 1.54) is 7.11 Å². The number of hydrogen-bond acceptors (Lipinski definition) is 3. The maximum absolute atomic E-state index is 10.5. The van der Waals surface area contributed by atoms with Crippen LogP contribution in [0.1, 0.15) is 40.5 Å². The Kier molecular flexibility index (Phi) is 13.9. The van der Waals surface area contributed by atoms with Crippen LogP contribution < -0.4 is 5.73 Å². The Hall–Kier alpha value is -1.84. The number of carbonyl (C=O) groups is 2. The maximum Gasteiger partial charge on any atom is 0.305 e. The van der Waals surface area contributed by atoms with Gasteiger partial charge >= 0.3 is 5.97 Å². The van der Waals surface area contributed by atoms with Crippen molar-refractivity contribution in [3.63, 3.8) is 0 Å². The molecule has 0 saturated carbocycles. The van der Waals surface area contributed by atoms with Gasteiger partial charge in [-0.15, -0.1) is 0 Å². The number of hydrogen-bond donors (Lipinski definition) is 1. The Morgan fingerprint density at radius 3 is 2.15 bits per heavy atom. The highest BCUT2D eigenvalue weighted by molar-refractivity contribution is 5.91. The number of nitrogens with two attached hydrogens (primary N) is 1. The van der Waals surface area contributed by atoms with Crippen molar-refractivity contribution in [3.8, 4) is 0 Å². The first-order valence-corrected chi connectivity index (χ1v) is 6.71. The molecular formula is C16H27NO3. The van der Waals surface area contributed by atoms with Crippen molar-refractivity contribution < 1.29 is 14.3 Å². The summed E-state index contributed by atoms with van der Waals surface area (Å²) < 4.78 is 4.42. The molecule has 1 amide bonds. The van der Waals surface area contributed by atoms with Crippen molar-refractivity contribution >= 4 is 11.9 Å². The third-order valence-corrected chi connectivity index (χ3v) is 2.13. The summed E-state index contributed by atoms with van der Waals surface area (Å²) in [5, 5.41) is 0. The molecule has 0 aliphatic heterocycles. The Bertz CT molecular complexity index is 366. The second-order valence-electron chi connectivity index (χ2n) is 4.61.